The first kappa shape index (κ1) is 14.5. The van der Waals surface area contributed by atoms with Gasteiger partial charge in [-0.05, 0) is 39.2 Å². The van der Waals surface area contributed by atoms with E-state index < -0.39 is 10.0 Å². The fraction of sp³-hybridized carbons (Fsp3) is 0.750. The molecule has 0 bridgehead atoms. The van der Waals surface area contributed by atoms with Crippen LogP contribution in [0.2, 0.25) is 0 Å². The van der Waals surface area contributed by atoms with E-state index in [1.165, 1.54) is 0 Å². The lowest BCUT2D eigenvalue weighted by atomic mass is 10.0. The third-order valence-corrected chi connectivity index (χ3v) is 5.97. The average molecular weight is 286 g/mol. The van der Waals surface area contributed by atoms with Gasteiger partial charge in [-0.25, -0.2) is 8.42 Å². The Morgan fingerprint density at radius 3 is 2.63 bits per heavy atom. The fourth-order valence-corrected chi connectivity index (χ4v) is 4.65. The third-order valence-electron chi connectivity index (χ3n) is 3.86. The molecule has 2 heterocycles. The number of aromatic nitrogens is 2. The van der Waals surface area contributed by atoms with Gasteiger partial charge in [-0.2, -0.15) is 9.40 Å². The van der Waals surface area contributed by atoms with Crippen LogP contribution in [0.5, 0.6) is 0 Å². The molecule has 1 aliphatic rings. The molecule has 0 aliphatic carbocycles. The maximum Gasteiger partial charge on any atom is 0.246 e. The van der Waals surface area contributed by atoms with E-state index in [0.29, 0.717) is 35.9 Å². The second-order valence-electron chi connectivity index (χ2n) is 5.23. The number of hydrogen-bond acceptors (Lipinski definition) is 4. The Morgan fingerprint density at radius 1 is 1.42 bits per heavy atom. The highest BCUT2D eigenvalue weighted by molar-refractivity contribution is 7.89. The van der Waals surface area contributed by atoms with Crippen molar-refractivity contribution in [1.82, 2.24) is 14.1 Å². The molecule has 1 unspecified atom stereocenters. The largest absolute Gasteiger partial charge is 0.330 e. The summed E-state index contributed by atoms with van der Waals surface area (Å²) in [7, 11) is -1.69. The van der Waals surface area contributed by atoms with Crippen LogP contribution in [0.3, 0.4) is 0 Å². The molecule has 108 valence electrons. The van der Waals surface area contributed by atoms with Crippen molar-refractivity contribution in [2.75, 3.05) is 19.6 Å². The molecular weight excluding hydrogens is 264 g/mol. The summed E-state index contributed by atoms with van der Waals surface area (Å²) in [4.78, 5) is 0.354. The predicted molar refractivity (Wildman–Crippen MR) is 73.2 cm³/mol. The highest BCUT2D eigenvalue weighted by Gasteiger charge is 2.33. The molecule has 0 radical (unpaired) electrons. The molecule has 19 heavy (non-hydrogen) atoms. The van der Waals surface area contributed by atoms with Gasteiger partial charge >= 0.3 is 0 Å². The number of rotatable bonds is 3. The molecule has 1 aromatic rings. The Bertz CT molecular complexity index is 565. The lowest BCUT2D eigenvalue weighted by Crippen LogP contribution is -2.42. The summed E-state index contributed by atoms with van der Waals surface area (Å²) >= 11 is 0. The van der Waals surface area contributed by atoms with E-state index >= 15 is 0 Å². The van der Waals surface area contributed by atoms with Gasteiger partial charge in [-0.15, -0.1) is 0 Å². The minimum Gasteiger partial charge on any atom is -0.330 e. The van der Waals surface area contributed by atoms with E-state index in [9.17, 15) is 8.42 Å². The molecule has 1 aliphatic heterocycles. The molecule has 0 spiro atoms. The molecule has 1 fully saturated rings. The topological polar surface area (TPSA) is 81.2 Å². The van der Waals surface area contributed by atoms with Crippen LogP contribution in [0.15, 0.2) is 4.90 Å². The van der Waals surface area contributed by atoms with Gasteiger partial charge in [-0.3, -0.25) is 4.68 Å². The van der Waals surface area contributed by atoms with Gasteiger partial charge in [0.2, 0.25) is 10.0 Å². The summed E-state index contributed by atoms with van der Waals surface area (Å²) < 4.78 is 28.6. The molecule has 2 rings (SSSR count). The summed E-state index contributed by atoms with van der Waals surface area (Å²) in [6, 6.07) is 0. The minimum absolute atomic E-state index is 0.265. The van der Waals surface area contributed by atoms with Crippen LogP contribution in [-0.4, -0.2) is 42.1 Å². The second-order valence-corrected chi connectivity index (χ2v) is 7.11. The van der Waals surface area contributed by atoms with Crippen LogP contribution in [0.4, 0.5) is 0 Å². The van der Waals surface area contributed by atoms with Crippen LogP contribution >= 0.6 is 0 Å². The predicted octanol–water partition coefficient (Wildman–Crippen LogP) is 0.396. The van der Waals surface area contributed by atoms with Crippen LogP contribution in [0.25, 0.3) is 0 Å². The maximum absolute atomic E-state index is 12.7. The van der Waals surface area contributed by atoms with Gasteiger partial charge in [0.25, 0.3) is 0 Å². The number of aryl methyl sites for hydroxylation is 2. The summed E-state index contributed by atoms with van der Waals surface area (Å²) in [6.45, 7) is 5.16. The number of nitrogens with zero attached hydrogens (tertiary/aromatic N) is 3. The monoisotopic (exact) mass is 286 g/mol. The molecule has 0 saturated carbocycles. The van der Waals surface area contributed by atoms with Gasteiger partial charge in [0.1, 0.15) is 4.90 Å². The second kappa shape index (κ2) is 5.22. The lowest BCUT2D eigenvalue weighted by Gasteiger charge is -2.31. The molecule has 0 amide bonds. The van der Waals surface area contributed by atoms with Crippen molar-refractivity contribution in [2.45, 2.75) is 31.6 Å². The van der Waals surface area contributed by atoms with E-state index in [0.717, 1.165) is 12.8 Å². The molecule has 1 aromatic heterocycles. The van der Waals surface area contributed by atoms with Crippen molar-refractivity contribution in [3.8, 4) is 0 Å². The van der Waals surface area contributed by atoms with Gasteiger partial charge in [0, 0.05) is 20.1 Å². The molecule has 1 atom stereocenters. The average Bonchev–Trinajstić information content (AvgIpc) is 2.63. The summed E-state index contributed by atoms with van der Waals surface area (Å²) in [5.74, 6) is 0.265. The van der Waals surface area contributed by atoms with E-state index in [1.54, 1.807) is 29.9 Å². The van der Waals surface area contributed by atoms with E-state index in [1.807, 2.05) is 0 Å². The molecule has 0 aromatic carbocycles. The van der Waals surface area contributed by atoms with Crippen LogP contribution in [0, 0.1) is 19.8 Å². The normalized spacial score (nSPS) is 21.8. The van der Waals surface area contributed by atoms with Gasteiger partial charge in [0.05, 0.1) is 11.4 Å². The zero-order chi connectivity index (χ0) is 14.2. The zero-order valence-corrected chi connectivity index (χ0v) is 12.6. The first-order chi connectivity index (χ1) is 8.87. The SMILES string of the molecule is Cc1nn(C)c(C)c1S(=O)(=O)N1CCCC(CN)C1. The first-order valence-corrected chi connectivity index (χ1v) is 8.02. The van der Waals surface area contributed by atoms with Crippen LogP contribution in [-0.2, 0) is 17.1 Å². The third kappa shape index (κ3) is 2.54. The summed E-state index contributed by atoms with van der Waals surface area (Å²) in [6.07, 6.45) is 1.88. The van der Waals surface area contributed by atoms with Crippen molar-refractivity contribution in [3.63, 3.8) is 0 Å². The lowest BCUT2D eigenvalue weighted by molar-refractivity contribution is 0.271. The van der Waals surface area contributed by atoms with Crippen molar-refractivity contribution in [3.05, 3.63) is 11.4 Å². The van der Waals surface area contributed by atoms with Crippen LogP contribution < -0.4 is 5.73 Å². The molecule has 1 saturated heterocycles. The minimum atomic E-state index is -3.45. The molecule has 2 N–H and O–H groups in total. The number of sulfonamides is 1. The maximum atomic E-state index is 12.7. The smallest absolute Gasteiger partial charge is 0.246 e. The Kier molecular flexibility index (Phi) is 3.98. The Balaban J connectivity index is 2.37. The van der Waals surface area contributed by atoms with Crippen LogP contribution in [0.1, 0.15) is 24.2 Å². The standard InChI is InChI=1S/C12H22N4O2S/c1-9-12(10(2)15(3)14-9)19(17,18)16-6-4-5-11(7-13)8-16/h11H,4-8,13H2,1-3H3. The van der Waals surface area contributed by atoms with E-state index in [4.69, 9.17) is 5.73 Å². The highest BCUT2D eigenvalue weighted by Crippen LogP contribution is 2.27. The Labute approximate surface area is 114 Å². The zero-order valence-electron chi connectivity index (χ0n) is 11.8. The van der Waals surface area contributed by atoms with E-state index in [2.05, 4.69) is 5.10 Å². The summed E-state index contributed by atoms with van der Waals surface area (Å²) in [5.41, 5.74) is 6.93. The Hall–Kier alpha value is -0.920. The van der Waals surface area contributed by atoms with Crippen molar-refractivity contribution in [1.29, 1.82) is 0 Å². The quantitative estimate of drug-likeness (QED) is 0.872. The molecule has 7 heteroatoms. The number of hydrogen-bond donors (Lipinski definition) is 1. The molecule has 6 nitrogen and oxygen atoms in total. The number of nitrogens with two attached hydrogens (primary N) is 1. The number of piperidine rings is 1. The van der Waals surface area contributed by atoms with Crippen molar-refractivity contribution in [2.24, 2.45) is 18.7 Å². The van der Waals surface area contributed by atoms with Crippen molar-refractivity contribution >= 4 is 10.0 Å². The molecular formula is C12H22N4O2S. The van der Waals surface area contributed by atoms with E-state index in [-0.39, 0.29) is 5.92 Å². The van der Waals surface area contributed by atoms with Gasteiger partial charge < -0.3 is 5.73 Å². The highest BCUT2D eigenvalue weighted by atomic mass is 32.2. The first-order valence-electron chi connectivity index (χ1n) is 6.58. The Morgan fingerprint density at radius 2 is 2.11 bits per heavy atom. The summed E-state index contributed by atoms with van der Waals surface area (Å²) in [5, 5.41) is 4.20. The van der Waals surface area contributed by atoms with Gasteiger partial charge in [-0.1, -0.05) is 0 Å². The fourth-order valence-electron chi connectivity index (χ4n) is 2.69. The van der Waals surface area contributed by atoms with Crippen molar-refractivity contribution < 1.29 is 8.42 Å². The van der Waals surface area contributed by atoms with Gasteiger partial charge in [0.15, 0.2) is 0 Å².